The Bertz CT molecular complexity index is 366. The number of alkyl halides is 3. The van der Waals surface area contributed by atoms with Crippen LogP contribution in [0, 0.1) is 23.7 Å². The number of hydrogen-bond donors (Lipinski definition) is 2. The Morgan fingerprint density at radius 2 is 1.58 bits per heavy atom. The molecule has 0 atom stereocenters. The molecule has 4 aliphatic rings. The predicted octanol–water partition coefficient (Wildman–Crippen LogP) is 1.82. The lowest BCUT2D eigenvalue weighted by molar-refractivity contribution is -0.157. The van der Waals surface area contributed by atoms with Crippen LogP contribution in [0.4, 0.5) is 13.2 Å². The summed E-state index contributed by atoms with van der Waals surface area (Å²) in [6.45, 7) is -1.13. The monoisotopic (exact) mass is 276 g/mol. The molecular weight excluding hydrogens is 257 g/mol. The average Bonchev–Trinajstić information content (AvgIpc) is 2.25. The Kier molecular flexibility index (Phi) is 2.86. The van der Waals surface area contributed by atoms with Crippen molar-refractivity contribution in [1.82, 2.24) is 5.32 Å². The van der Waals surface area contributed by atoms with E-state index in [0.29, 0.717) is 11.8 Å². The molecule has 4 saturated carbocycles. The highest BCUT2D eigenvalue weighted by Gasteiger charge is 2.60. The summed E-state index contributed by atoms with van der Waals surface area (Å²) >= 11 is 0. The molecule has 0 radical (unpaired) electrons. The third kappa shape index (κ3) is 2.04. The zero-order valence-corrected chi connectivity index (χ0v) is 10.7. The maximum absolute atomic E-state index is 12.5. The summed E-state index contributed by atoms with van der Waals surface area (Å²) in [4.78, 5) is 11.9. The molecule has 4 fully saturated rings. The minimum Gasteiger partial charge on any atom is -0.368 e. The Morgan fingerprint density at radius 1 is 1.11 bits per heavy atom. The van der Waals surface area contributed by atoms with E-state index in [1.165, 1.54) is 6.42 Å². The van der Waals surface area contributed by atoms with E-state index in [-0.39, 0.29) is 11.8 Å². The van der Waals surface area contributed by atoms with Gasteiger partial charge in [-0.25, -0.2) is 0 Å². The molecule has 0 aromatic carbocycles. The Morgan fingerprint density at radius 3 is 1.95 bits per heavy atom. The third-order valence-corrected chi connectivity index (χ3v) is 5.42. The van der Waals surface area contributed by atoms with E-state index in [1.54, 1.807) is 0 Å². The van der Waals surface area contributed by atoms with Gasteiger partial charge in [-0.2, -0.15) is 13.2 Å². The molecule has 3 nitrogen and oxygen atoms in total. The number of amides is 1. The summed E-state index contributed by atoms with van der Waals surface area (Å²) in [6.07, 6.45) is 0.265. The van der Waals surface area contributed by atoms with Crippen LogP contribution in [0.5, 0.6) is 0 Å². The average molecular weight is 276 g/mol. The number of carbonyl (C=O) groups excluding carboxylic acids is 1. The van der Waals surface area contributed by atoms with Crippen molar-refractivity contribution >= 4 is 5.91 Å². The van der Waals surface area contributed by atoms with Gasteiger partial charge in [0.25, 0.3) is 0 Å². The lowest BCUT2D eigenvalue weighted by Gasteiger charge is -2.60. The van der Waals surface area contributed by atoms with Crippen molar-refractivity contribution in [3.63, 3.8) is 0 Å². The molecule has 0 aromatic rings. The van der Waals surface area contributed by atoms with E-state index < -0.39 is 24.2 Å². The van der Waals surface area contributed by atoms with Gasteiger partial charge in [-0.15, -0.1) is 0 Å². The van der Waals surface area contributed by atoms with Crippen molar-refractivity contribution in [3.8, 4) is 0 Å². The molecule has 3 N–H and O–H groups in total. The SMILES string of the molecule is NC(=O)C1(NCC(F)(F)F)C2CC3CC(C2)CC1C3. The summed E-state index contributed by atoms with van der Waals surface area (Å²) in [6, 6.07) is 0. The number of primary amides is 1. The lowest BCUT2D eigenvalue weighted by atomic mass is 9.48. The second-order valence-electron chi connectivity index (χ2n) is 6.51. The first-order chi connectivity index (χ1) is 8.81. The molecule has 0 heterocycles. The Balaban J connectivity index is 1.86. The molecule has 4 aliphatic carbocycles. The van der Waals surface area contributed by atoms with Crippen molar-refractivity contribution in [2.45, 2.75) is 43.8 Å². The van der Waals surface area contributed by atoms with Gasteiger partial charge in [0.05, 0.1) is 6.54 Å². The largest absolute Gasteiger partial charge is 0.401 e. The lowest BCUT2D eigenvalue weighted by Crippen LogP contribution is -2.71. The molecule has 0 aromatic heterocycles. The third-order valence-electron chi connectivity index (χ3n) is 5.42. The van der Waals surface area contributed by atoms with E-state index in [2.05, 4.69) is 5.32 Å². The summed E-state index contributed by atoms with van der Waals surface area (Å²) in [7, 11) is 0. The smallest absolute Gasteiger partial charge is 0.368 e. The van der Waals surface area contributed by atoms with Crippen LogP contribution in [0.3, 0.4) is 0 Å². The quantitative estimate of drug-likeness (QED) is 0.826. The Labute approximate surface area is 110 Å². The van der Waals surface area contributed by atoms with Crippen LogP contribution in [0.25, 0.3) is 0 Å². The fraction of sp³-hybridized carbons (Fsp3) is 0.923. The molecule has 0 saturated heterocycles. The summed E-state index contributed by atoms with van der Waals surface area (Å²) in [5.74, 6) is 0.558. The fourth-order valence-corrected chi connectivity index (χ4v) is 4.95. The summed E-state index contributed by atoms with van der Waals surface area (Å²) in [5, 5.41) is 2.52. The van der Waals surface area contributed by atoms with Crippen LogP contribution in [0.15, 0.2) is 0 Å². The van der Waals surface area contributed by atoms with Crippen molar-refractivity contribution in [3.05, 3.63) is 0 Å². The van der Waals surface area contributed by atoms with Gasteiger partial charge < -0.3 is 5.73 Å². The highest BCUT2D eigenvalue weighted by Crippen LogP contribution is 2.58. The molecule has 19 heavy (non-hydrogen) atoms. The topological polar surface area (TPSA) is 55.1 Å². The van der Waals surface area contributed by atoms with Gasteiger partial charge in [0.1, 0.15) is 5.54 Å². The molecule has 0 unspecified atom stereocenters. The summed E-state index contributed by atoms with van der Waals surface area (Å²) in [5.41, 5.74) is 4.39. The van der Waals surface area contributed by atoms with E-state index in [9.17, 15) is 18.0 Å². The minimum atomic E-state index is -4.31. The second kappa shape index (κ2) is 4.11. The van der Waals surface area contributed by atoms with Gasteiger partial charge in [-0.1, -0.05) is 0 Å². The number of rotatable bonds is 3. The van der Waals surface area contributed by atoms with Crippen LogP contribution in [0.2, 0.25) is 0 Å². The second-order valence-corrected chi connectivity index (χ2v) is 6.51. The van der Waals surface area contributed by atoms with Crippen LogP contribution in [-0.2, 0) is 4.79 Å². The first-order valence-corrected chi connectivity index (χ1v) is 6.93. The Hall–Kier alpha value is -0.780. The van der Waals surface area contributed by atoms with Crippen molar-refractivity contribution in [1.29, 1.82) is 0 Å². The molecule has 6 heteroatoms. The number of carbonyl (C=O) groups is 1. The van der Waals surface area contributed by atoms with Crippen molar-refractivity contribution < 1.29 is 18.0 Å². The molecule has 4 bridgehead atoms. The number of nitrogens with two attached hydrogens (primary N) is 1. The summed E-state index contributed by atoms with van der Waals surface area (Å²) < 4.78 is 37.5. The van der Waals surface area contributed by atoms with Crippen LogP contribution >= 0.6 is 0 Å². The van der Waals surface area contributed by atoms with Crippen LogP contribution in [0.1, 0.15) is 32.1 Å². The van der Waals surface area contributed by atoms with Gasteiger partial charge in [0, 0.05) is 0 Å². The van der Waals surface area contributed by atoms with E-state index >= 15 is 0 Å². The number of hydrogen-bond acceptors (Lipinski definition) is 2. The molecule has 0 aliphatic heterocycles. The van der Waals surface area contributed by atoms with Gasteiger partial charge in [-0.3, -0.25) is 10.1 Å². The normalized spacial score (nSPS) is 44.6. The van der Waals surface area contributed by atoms with E-state index in [4.69, 9.17) is 5.73 Å². The predicted molar refractivity (Wildman–Crippen MR) is 63.0 cm³/mol. The minimum absolute atomic E-state index is 0.0106. The number of halogens is 3. The van der Waals surface area contributed by atoms with Gasteiger partial charge in [0.15, 0.2) is 0 Å². The first kappa shape index (κ1) is 13.2. The molecular formula is C13H19F3N2O. The van der Waals surface area contributed by atoms with Crippen LogP contribution in [-0.4, -0.2) is 24.2 Å². The molecule has 0 spiro atoms. The standard InChI is InChI=1S/C13H19F3N2O/c14-12(15,16)6-18-13(11(17)19)9-2-7-1-8(4-9)5-10(13)3-7/h7-10,18H,1-6H2,(H2,17,19). The fourth-order valence-electron chi connectivity index (χ4n) is 4.95. The van der Waals surface area contributed by atoms with Gasteiger partial charge in [-0.05, 0) is 55.8 Å². The number of nitrogens with one attached hydrogen (secondary N) is 1. The molecule has 1 amide bonds. The van der Waals surface area contributed by atoms with Crippen molar-refractivity contribution in [2.24, 2.45) is 29.4 Å². The van der Waals surface area contributed by atoms with E-state index in [1.807, 2.05) is 0 Å². The van der Waals surface area contributed by atoms with E-state index in [0.717, 1.165) is 25.7 Å². The molecule has 4 rings (SSSR count). The maximum atomic E-state index is 12.5. The van der Waals surface area contributed by atoms with Crippen molar-refractivity contribution in [2.75, 3.05) is 6.54 Å². The highest BCUT2D eigenvalue weighted by molar-refractivity contribution is 5.86. The maximum Gasteiger partial charge on any atom is 0.401 e. The highest BCUT2D eigenvalue weighted by atomic mass is 19.4. The van der Waals surface area contributed by atoms with Gasteiger partial charge >= 0.3 is 6.18 Å². The van der Waals surface area contributed by atoms with Crippen LogP contribution < -0.4 is 11.1 Å². The molecule has 108 valence electrons. The van der Waals surface area contributed by atoms with Gasteiger partial charge in [0.2, 0.25) is 5.91 Å². The zero-order chi connectivity index (χ0) is 13.8. The first-order valence-electron chi connectivity index (χ1n) is 6.93. The zero-order valence-electron chi connectivity index (χ0n) is 10.7.